The zero-order chi connectivity index (χ0) is 14.9. The molecule has 1 amide bonds. The summed E-state index contributed by atoms with van der Waals surface area (Å²) in [6, 6.07) is 3.53. The fourth-order valence-electron chi connectivity index (χ4n) is 2.20. The highest BCUT2D eigenvalue weighted by atomic mass is 19.4. The van der Waals surface area contributed by atoms with Crippen LogP contribution >= 0.6 is 0 Å². The van der Waals surface area contributed by atoms with E-state index in [-0.39, 0.29) is 18.4 Å². The number of carbonyl (C=O) groups is 1. The number of alkyl halides is 3. The van der Waals surface area contributed by atoms with Crippen LogP contribution in [0, 0.1) is 0 Å². The van der Waals surface area contributed by atoms with Crippen molar-refractivity contribution in [3.63, 3.8) is 0 Å². The second-order valence-electron chi connectivity index (χ2n) is 4.66. The maximum absolute atomic E-state index is 12.6. The summed E-state index contributed by atoms with van der Waals surface area (Å²) in [5.41, 5.74) is -0.949. The Kier molecular flexibility index (Phi) is 3.74. The fourth-order valence-corrected chi connectivity index (χ4v) is 2.20. The third kappa shape index (κ3) is 2.94. The number of pyridine rings is 1. The van der Waals surface area contributed by atoms with E-state index >= 15 is 0 Å². The van der Waals surface area contributed by atoms with Gasteiger partial charge in [-0.2, -0.15) is 13.2 Å². The molecule has 0 saturated carbocycles. The zero-order valence-corrected chi connectivity index (χ0v) is 10.8. The summed E-state index contributed by atoms with van der Waals surface area (Å²) in [5, 5.41) is 8.88. The van der Waals surface area contributed by atoms with Gasteiger partial charge in [-0.25, -0.2) is 9.78 Å². The molecule has 0 spiro atoms. The number of likely N-dealkylation sites (tertiary alicyclic amines) is 1. The third-order valence-electron chi connectivity index (χ3n) is 3.37. The molecule has 20 heavy (non-hydrogen) atoms. The van der Waals surface area contributed by atoms with Gasteiger partial charge in [0.1, 0.15) is 11.5 Å². The van der Waals surface area contributed by atoms with Gasteiger partial charge >= 0.3 is 12.3 Å². The Balaban J connectivity index is 2.14. The van der Waals surface area contributed by atoms with Crippen LogP contribution in [0.2, 0.25) is 0 Å². The Morgan fingerprint density at radius 3 is 2.75 bits per heavy atom. The van der Waals surface area contributed by atoms with Crippen LogP contribution in [-0.2, 0) is 6.18 Å². The normalized spacial score (nSPS) is 19.2. The molecule has 0 aromatic carbocycles. The summed E-state index contributed by atoms with van der Waals surface area (Å²) in [6.07, 6.45) is -4.93. The van der Waals surface area contributed by atoms with Crippen molar-refractivity contribution in [2.45, 2.75) is 18.6 Å². The average molecular weight is 289 g/mol. The summed E-state index contributed by atoms with van der Waals surface area (Å²) in [7, 11) is 1.62. The molecule has 110 valence electrons. The third-order valence-corrected chi connectivity index (χ3v) is 3.37. The van der Waals surface area contributed by atoms with Crippen molar-refractivity contribution in [3.05, 3.63) is 23.9 Å². The molecular weight excluding hydrogens is 275 g/mol. The van der Waals surface area contributed by atoms with Crippen LogP contribution in [0.15, 0.2) is 18.2 Å². The summed E-state index contributed by atoms with van der Waals surface area (Å²) in [4.78, 5) is 17.3. The van der Waals surface area contributed by atoms with Crippen molar-refractivity contribution in [3.8, 4) is 0 Å². The lowest BCUT2D eigenvalue weighted by atomic mass is 10.2. The van der Waals surface area contributed by atoms with Crippen molar-refractivity contribution in [1.82, 2.24) is 9.88 Å². The monoisotopic (exact) mass is 289 g/mol. The van der Waals surface area contributed by atoms with Crippen molar-refractivity contribution in [2.24, 2.45) is 0 Å². The Bertz CT molecular complexity index is 507. The molecule has 5 nitrogen and oxygen atoms in total. The molecule has 1 atom stereocenters. The lowest BCUT2D eigenvalue weighted by Crippen LogP contribution is -2.36. The Hall–Kier alpha value is -1.99. The highest BCUT2D eigenvalue weighted by Gasteiger charge is 2.34. The SMILES string of the molecule is CN(c1cccc(C(F)(F)F)n1)C1CCN(C(=O)O)C1. The zero-order valence-electron chi connectivity index (χ0n) is 10.8. The molecule has 2 heterocycles. The molecule has 1 aliphatic rings. The highest BCUT2D eigenvalue weighted by molar-refractivity contribution is 5.65. The molecule has 2 rings (SSSR count). The minimum Gasteiger partial charge on any atom is -0.465 e. The molecule has 1 aromatic heterocycles. The molecule has 1 N–H and O–H groups in total. The van der Waals surface area contributed by atoms with E-state index in [0.717, 1.165) is 6.07 Å². The van der Waals surface area contributed by atoms with Gasteiger partial charge in [0, 0.05) is 26.2 Å². The molecule has 1 unspecified atom stereocenters. The predicted molar refractivity (Wildman–Crippen MR) is 65.6 cm³/mol. The van der Waals surface area contributed by atoms with E-state index in [1.54, 1.807) is 11.9 Å². The molecule has 1 aromatic rings. The van der Waals surface area contributed by atoms with Crippen LogP contribution in [-0.4, -0.2) is 47.3 Å². The van der Waals surface area contributed by atoms with E-state index in [2.05, 4.69) is 4.98 Å². The lowest BCUT2D eigenvalue weighted by Gasteiger charge is -2.25. The van der Waals surface area contributed by atoms with Crippen LogP contribution < -0.4 is 4.90 Å². The van der Waals surface area contributed by atoms with Gasteiger partial charge in [0.15, 0.2) is 0 Å². The van der Waals surface area contributed by atoms with E-state index in [1.165, 1.54) is 17.0 Å². The topological polar surface area (TPSA) is 56.7 Å². The van der Waals surface area contributed by atoms with Crippen molar-refractivity contribution in [1.29, 1.82) is 0 Å². The average Bonchev–Trinajstić information content (AvgIpc) is 2.87. The van der Waals surface area contributed by atoms with Gasteiger partial charge in [-0.1, -0.05) is 6.07 Å². The van der Waals surface area contributed by atoms with Gasteiger partial charge in [-0.05, 0) is 18.6 Å². The summed E-state index contributed by atoms with van der Waals surface area (Å²) < 4.78 is 37.8. The molecule has 0 aliphatic carbocycles. The standard InChI is InChI=1S/C12H14F3N3O2/c1-17(8-5-6-18(7-8)11(19)20)10-4-2-3-9(16-10)12(13,14)15/h2-4,8H,5-7H2,1H3,(H,19,20). The largest absolute Gasteiger partial charge is 0.465 e. The number of halogens is 3. The maximum Gasteiger partial charge on any atom is 0.433 e. The number of amides is 1. The smallest absolute Gasteiger partial charge is 0.433 e. The minimum atomic E-state index is -4.49. The number of anilines is 1. The first kappa shape index (κ1) is 14.4. The van der Waals surface area contributed by atoms with E-state index in [1.807, 2.05) is 0 Å². The van der Waals surface area contributed by atoms with Crippen LogP contribution in [0.4, 0.5) is 23.8 Å². The number of aromatic nitrogens is 1. The van der Waals surface area contributed by atoms with Gasteiger partial charge in [0.05, 0.1) is 0 Å². The molecular formula is C12H14F3N3O2. The van der Waals surface area contributed by atoms with Gasteiger partial charge in [0.2, 0.25) is 0 Å². The Morgan fingerprint density at radius 2 is 2.20 bits per heavy atom. The quantitative estimate of drug-likeness (QED) is 0.907. The Labute approximate surface area is 113 Å². The molecule has 8 heteroatoms. The molecule has 0 bridgehead atoms. The molecule has 1 fully saturated rings. The lowest BCUT2D eigenvalue weighted by molar-refractivity contribution is -0.141. The van der Waals surface area contributed by atoms with Crippen molar-refractivity contribution >= 4 is 11.9 Å². The number of carboxylic acid groups (broad SMARTS) is 1. The fraction of sp³-hybridized carbons (Fsp3) is 0.500. The van der Waals surface area contributed by atoms with Gasteiger partial charge in [0.25, 0.3) is 0 Å². The summed E-state index contributed by atoms with van der Waals surface area (Å²) in [6.45, 7) is 0.646. The first-order valence-electron chi connectivity index (χ1n) is 6.04. The molecule has 1 aliphatic heterocycles. The van der Waals surface area contributed by atoms with Gasteiger partial charge in [-0.3, -0.25) is 0 Å². The minimum absolute atomic E-state index is 0.165. The second-order valence-corrected chi connectivity index (χ2v) is 4.66. The van der Waals surface area contributed by atoms with Crippen LogP contribution in [0.3, 0.4) is 0 Å². The molecule has 1 saturated heterocycles. The maximum atomic E-state index is 12.6. The number of hydrogen-bond acceptors (Lipinski definition) is 3. The highest BCUT2D eigenvalue weighted by Crippen LogP contribution is 2.29. The van der Waals surface area contributed by atoms with Crippen LogP contribution in [0.5, 0.6) is 0 Å². The number of hydrogen-bond donors (Lipinski definition) is 1. The van der Waals surface area contributed by atoms with E-state index < -0.39 is 18.0 Å². The van der Waals surface area contributed by atoms with Gasteiger partial charge < -0.3 is 14.9 Å². The predicted octanol–water partition coefficient (Wildman–Crippen LogP) is 2.29. The first-order valence-corrected chi connectivity index (χ1v) is 6.04. The Morgan fingerprint density at radius 1 is 1.50 bits per heavy atom. The number of nitrogens with zero attached hydrogens (tertiary/aromatic N) is 3. The van der Waals surface area contributed by atoms with Crippen molar-refractivity contribution < 1.29 is 23.1 Å². The summed E-state index contributed by atoms with van der Waals surface area (Å²) >= 11 is 0. The van der Waals surface area contributed by atoms with Gasteiger partial charge in [-0.15, -0.1) is 0 Å². The van der Waals surface area contributed by atoms with Crippen LogP contribution in [0.1, 0.15) is 12.1 Å². The molecule has 0 radical (unpaired) electrons. The van der Waals surface area contributed by atoms with Crippen LogP contribution in [0.25, 0.3) is 0 Å². The number of likely N-dealkylation sites (N-methyl/N-ethyl adjacent to an activating group) is 1. The van der Waals surface area contributed by atoms with E-state index in [4.69, 9.17) is 5.11 Å². The first-order chi connectivity index (χ1) is 9.29. The second kappa shape index (κ2) is 5.18. The van der Waals surface area contributed by atoms with E-state index in [9.17, 15) is 18.0 Å². The number of rotatable bonds is 2. The summed E-state index contributed by atoms with van der Waals surface area (Å²) in [5.74, 6) is 0.192. The van der Waals surface area contributed by atoms with Crippen molar-refractivity contribution in [2.75, 3.05) is 25.0 Å². The van der Waals surface area contributed by atoms with E-state index in [0.29, 0.717) is 13.0 Å².